The Labute approximate surface area is 412 Å². The fourth-order valence-electron chi connectivity index (χ4n) is 19.2. The first kappa shape index (κ1) is 52.7. The molecule has 8 aliphatic carbocycles. The molecule has 0 aliphatic heterocycles. The number of allylic oxidation sites excluding steroid dienone is 1. The van der Waals surface area contributed by atoms with Crippen LogP contribution in [0.15, 0.2) is 11.6 Å². The quantitative estimate of drug-likeness (QED) is 0.0527. The molecule has 386 valence electrons. The molecule has 0 radical (unpaired) electrons. The molecular weight excluding hydrogens is 873 g/mol. The Kier molecular flexibility index (Phi) is 15.5. The van der Waals surface area contributed by atoms with Gasteiger partial charge in [-0.3, -0.25) is 18.9 Å². The maximum atomic E-state index is 13.6. The molecule has 0 aromatic heterocycles. The minimum absolute atomic E-state index is 0.00393. The third-order valence-electron chi connectivity index (χ3n) is 22.7. The van der Waals surface area contributed by atoms with Gasteiger partial charge in [-0.1, -0.05) is 66.0 Å². The van der Waals surface area contributed by atoms with E-state index in [1.165, 1.54) is 37.7 Å². The highest BCUT2D eigenvalue weighted by molar-refractivity contribution is 7.85. The first-order valence-corrected chi connectivity index (χ1v) is 29.7. The minimum Gasteiger partial charge on any atom is -0.462 e. The van der Waals surface area contributed by atoms with E-state index in [0.29, 0.717) is 59.7 Å². The standard InChI is InChI=1S/C58H94O9S/c1-36(11-9-25-54(3,4)63)45-17-19-47-44-16-14-39-33-43(22-27-55(39,5)48(44)23-28-57(45,47)7)67-52(62)35-42(60)32-38-21-26-56(6)40(31-38)34-51(61)53-49-20-18-46(58(49,8)29-24-50(53)56)37(2)13-15-41(59)12-10-30-68(64,65)66/h14,36-38,40,43-51,53,61,63H,9-13,15-35H2,1-8H3,(H,64,65,66)/t36?,37-,38+,40?,43?,44-,45+,46+,47?,48?,49-,50-,51-,53-,55-,56-,57+,58+/m0/s1. The first-order valence-electron chi connectivity index (χ1n) is 28.1. The molecule has 8 rings (SSSR count). The summed E-state index contributed by atoms with van der Waals surface area (Å²) in [6.45, 7) is 18.7. The molecule has 3 N–H and O–H groups in total. The molecule has 68 heavy (non-hydrogen) atoms. The van der Waals surface area contributed by atoms with E-state index >= 15 is 0 Å². The Hall–Kier alpha value is -1.62. The Bertz CT molecular complexity index is 1990. The maximum absolute atomic E-state index is 13.6. The molecule has 0 aromatic rings. The lowest BCUT2D eigenvalue weighted by molar-refractivity contribution is -0.170. The molecule has 9 nitrogen and oxygen atoms in total. The van der Waals surface area contributed by atoms with Crippen molar-refractivity contribution in [3.8, 4) is 0 Å². The van der Waals surface area contributed by atoms with Crippen LogP contribution in [-0.2, 0) is 29.2 Å². The summed E-state index contributed by atoms with van der Waals surface area (Å²) in [6, 6.07) is 0. The zero-order valence-electron chi connectivity index (χ0n) is 43.7. The summed E-state index contributed by atoms with van der Waals surface area (Å²) in [5.74, 6) is 5.68. The van der Waals surface area contributed by atoms with E-state index in [-0.39, 0.29) is 82.8 Å². The number of aliphatic hydroxyl groups is 2. The molecule has 18 atom stereocenters. The molecule has 10 heteroatoms. The zero-order valence-corrected chi connectivity index (χ0v) is 44.6. The fraction of sp³-hybridized carbons (Fsp3) is 0.914. The number of ether oxygens (including phenoxy) is 1. The second-order valence-corrected chi connectivity index (χ2v) is 28.6. The second-order valence-electron chi connectivity index (χ2n) is 27.1. The number of esters is 1. The molecule has 0 spiro atoms. The van der Waals surface area contributed by atoms with Crippen molar-refractivity contribution in [3.63, 3.8) is 0 Å². The number of hydrogen-bond donors (Lipinski definition) is 3. The van der Waals surface area contributed by atoms with Gasteiger partial charge in [-0.2, -0.15) is 8.42 Å². The molecule has 0 amide bonds. The highest BCUT2D eigenvalue weighted by atomic mass is 32.2. The molecule has 7 saturated carbocycles. The van der Waals surface area contributed by atoms with Crippen LogP contribution in [0.4, 0.5) is 0 Å². The summed E-state index contributed by atoms with van der Waals surface area (Å²) in [5, 5.41) is 22.3. The first-order chi connectivity index (χ1) is 31.8. The van der Waals surface area contributed by atoms with Gasteiger partial charge in [0.05, 0.1) is 17.5 Å². The Morgan fingerprint density at radius 1 is 0.765 bits per heavy atom. The van der Waals surface area contributed by atoms with Crippen molar-refractivity contribution in [2.45, 2.75) is 234 Å². The smallest absolute Gasteiger partial charge is 0.313 e. The molecule has 5 unspecified atom stereocenters. The van der Waals surface area contributed by atoms with Gasteiger partial charge < -0.3 is 14.9 Å². The van der Waals surface area contributed by atoms with E-state index < -0.39 is 15.7 Å². The van der Waals surface area contributed by atoms with Crippen LogP contribution in [0.2, 0.25) is 0 Å². The summed E-state index contributed by atoms with van der Waals surface area (Å²) in [5.41, 5.74) is 1.75. The predicted octanol–water partition coefficient (Wildman–Crippen LogP) is 12.3. The summed E-state index contributed by atoms with van der Waals surface area (Å²) in [4.78, 5) is 39.7. The van der Waals surface area contributed by atoms with E-state index in [4.69, 9.17) is 9.29 Å². The van der Waals surface area contributed by atoms with Crippen molar-refractivity contribution in [3.05, 3.63) is 11.6 Å². The van der Waals surface area contributed by atoms with Crippen LogP contribution in [0.1, 0.15) is 216 Å². The van der Waals surface area contributed by atoms with Gasteiger partial charge in [0, 0.05) is 25.7 Å². The van der Waals surface area contributed by atoms with Gasteiger partial charge in [0.1, 0.15) is 24.1 Å². The van der Waals surface area contributed by atoms with Crippen molar-refractivity contribution < 1.29 is 42.3 Å². The van der Waals surface area contributed by atoms with Gasteiger partial charge >= 0.3 is 5.97 Å². The van der Waals surface area contributed by atoms with Crippen LogP contribution >= 0.6 is 0 Å². The van der Waals surface area contributed by atoms with Crippen LogP contribution in [-0.4, -0.2) is 64.3 Å². The monoisotopic (exact) mass is 967 g/mol. The van der Waals surface area contributed by atoms with Crippen molar-refractivity contribution in [1.82, 2.24) is 0 Å². The summed E-state index contributed by atoms with van der Waals surface area (Å²) in [7, 11) is -4.05. The highest BCUT2D eigenvalue weighted by Gasteiger charge is 2.63. The average Bonchev–Trinajstić information content (AvgIpc) is 3.79. The molecule has 0 heterocycles. The lowest BCUT2D eigenvalue weighted by Gasteiger charge is -2.62. The molecule has 7 fully saturated rings. The predicted molar refractivity (Wildman–Crippen MR) is 268 cm³/mol. The van der Waals surface area contributed by atoms with Crippen LogP contribution < -0.4 is 0 Å². The second kappa shape index (κ2) is 20.0. The number of carbonyl (C=O) groups is 3. The van der Waals surface area contributed by atoms with Crippen LogP contribution in [0.5, 0.6) is 0 Å². The molecule has 0 bridgehead atoms. The summed E-state index contributed by atoms with van der Waals surface area (Å²) >= 11 is 0. The molecule has 0 aromatic carbocycles. The van der Waals surface area contributed by atoms with Crippen LogP contribution in [0.3, 0.4) is 0 Å². The van der Waals surface area contributed by atoms with Gasteiger partial charge in [0.2, 0.25) is 0 Å². The summed E-state index contributed by atoms with van der Waals surface area (Å²) < 4.78 is 37.4. The Morgan fingerprint density at radius 3 is 2.09 bits per heavy atom. The third kappa shape index (κ3) is 10.6. The fourth-order valence-corrected chi connectivity index (χ4v) is 19.7. The van der Waals surface area contributed by atoms with Crippen molar-refractivity contribution in [2.75, 3.05) is 5.75 Å². The van der Waals surface area contributed by atoms with Gasteiger partial charge in [-0.05, 0) is 222 Å². The van der Waals surface area contributed by atoms with E-state index in [1.807, 2.05) is 13.8 Å². The van der Waals surface area contributed by atoms with E-state index in [2.05, 4.69) is 47.6 Å². The van der Waals surface area contributed by atoms with Crippen molar-refractivity contribution in [2.24, 2.45) is 92.7 Å². The number of ketones is 2. The lowest BCUT2D eigenvalue weighted by Crippen LogP contribution is -2.58. The third-order valence-corrected chi connectivity index (χ3v) is 23.5. The van der Waals surface area contributed by atoms with Crippen molar-refractivity contribution in [1.29, 1.82) is 0 Å². The van der Waals surface area contributed by atoms with Crippen molar-refractivity contribution >= 4 is 27.7 Å². The SMILES string of the molecule is CC(CCCC(C)(C)O)[C@H]1CCC2[C@@H]3CC=C4CC(OC(=O)CC(=O)C[C@@H]5CC[C@@]6(C)C(C5)C[C@H](O)[C@H]5[C@@H]7CC[C@H]([C@@H](C)CCC(=O)CCCS(=O)(=O)O)[C@@]7(C)CC[C@@H]56)CC[C@]4(C)C3CC[C@@]21C. The van der Waals surface area contributed by atoms with Crippen LogP contribution in [0, 0.1) is 92.7 Å². The average molecular weight is 967 g/mol. The molecule has 8 aliphatic rings. The number of Topliss-reactive ketones (excluding diaryl/α,β-unsaturated/α-hetero) is 2. The van der Waals surface area contributed by atoms with Gasteiger partial charge in [-0.15, -0.1) is 0 Å². The molecular formula is C58H94O9S. The number of rotatable bonds is 18. The van der Waals surface area contributed by atoms with E-state index in [0.717, 1.165) is 114 Å². The maximum Gasteiger partial charge on any atom is 0.313 e. The normalized spacial score (nSPS) is 43.1. The largest absolute Gasteiger partial charge is 0.462 e. The van der Waals surface area contributed by atoms with E-state index in [1.54, 1.807) is 0 Å². The van der Waals surface area contributed by atoms with Gasteiger partial charge in [-0.25, -0.2) is 0 Å². The number of fused-ring (bicyclic) bond motifs is 10. The Morgan fingerprint density at radius 2 is 1.40 bits per heavy atom. The van der Waals surface area contributed by atoms with Gasteiger partial charge in [0.25, 0.3) is 10.1 Å². The summed E-state index contributed by atoms with van der Waals surface area (Å²) in [6.07, 6.45) is 24.5. The van der Waals surface area contributed by atoms with E-state index in [9.17, 15) is 33.0 Å². The number of carbonyl (C=O) groups excluding carboxylic acids is 3. The number of aliphatic hydroxyl groups excluding tert-OH is 1. The lowest BCUT2D eigenvalue weighted by atomic mass is 9.43. The molecule has 0 saturated heterocycles. The highest BCUT2D eigenvalue weighted by Crippen LogP contribution is 2.70. The van der Waals surface area contributed by atoms with Gasteiger partial charge in [0.15, 0.2) is 0 Å². The minimum atomic E-state index is -4.05. The zero-order chi connectivity index (χ0) is 49.2. The van der Waals surface area contributed by atoms with Crippen LogP contribution in [0.25, 0.3) is 0 Å². The topological polar surface area (TPSA) is 155 Å². The Balaban J connectivity index is 0.791. The number of hydrogen-bond acceptors (Lipinski definition) is 8.